The molecule has 0 saturated heterocycles. The third-order valence-electron chi connectivity index (χ3n) is 6.13. The number of hydrogen-bond donors (Lipinski definition) is 3. The van der Waals surface area contributed by atoms with Crippen LogP contribution in [0.3, 0.4) is 0 Å². The van der Waals surface area contributed by atoms with Crippen molar-refractivity contribution in [2.75, 3.05) is 17.2 Å². The molecule has 0 aromatic carbocycles. The van der Waals surface area contributed by atoms with E-state index in [1.807, 2.05) is 18.2 Å². The molecule has 7 heteroatoms. The molecule has 4 N–H and O–H groups in total. The van der Waals surface area contributed by atoms with Crippen LogP contribution in [-0.2, 0) is 6.54 Å². The average molecular weight is 377 g/mol. The van der Waals surface area contributed by atoms with Gasteiger partial charge in [-0.1, -0.05) is 12.5 Å². The van der Waals surface area contributed by atoms with E-state index in [2.05, 4.69) is 31.7 Å². The highest BCUT2D eigenvalue weighted by molar-refractivity contribution is 5.53. The molecule has 2 aromatic rings. The SMILES string of the molecule is N#Cc1cnc(NCc2ccccn2)nc1NCC1C[C@H]2CCC[C@@H](C1)C2N. The summed E-state index contributed by atoms with van der Waals surface area (Å²) in [5.41, 5.74) is 7.78. The first-order valence-corrected chi connectivity index (χ1v) is 10.1. The summed E-state index contributed by atoms with van der Waals surface area (Å²) in [7, 11) is 0. The van der Waals surface area contributed by atoms with Crippen molar-refractivity contribution in [3.05, 3.63) is 41.9 Å². The maximum Gasteiger partial charge on any atom is 0.225 e. The van der Waals surface area contributed by atoms with Gasteiger partial charge in [0.05, 0.1) is 18.4 Å². The predicted octanol–water partition coefficient (Wildman–Crippen LogP) is 2.92. The first-order chi connectivity index (χ1) is 13.7. The number of rotatable bonds is 6. The minimum absolute atomic E-state index is 0.376. The van der Waals surface area contributed by atoms with Crippen molar-refractivity contribution >= 4 is 11.8 Å². The Morgan fingerprint density at radius 3 is 2.68 bits per heavy atom. The summed E-state index contributed by atoms with van der Waals surface area (Å²) >= 11 is 0. The van der Waals surface area contributed by atoms with Crippen molar-refractivity contribution in [2.24, 2.45) is 23.5 Å². The van der Waals surface area contributed by atoms with Crippen LogP contribution < -0.4 is 16.4 Å². The van der Waals surface area contributed by atoms with Crippen LogP contribution in [0.2, 0.25) is 0 Å². The number of hydrogen-bond acceptors (Lipinski definition) is 7. The molecule has 0 radical (unpaired) electrons. The molecule has 2 bridgehead atoms. The van der Waals surface area contributed by atoms with Crippen LogP contribution in [0.5, 0.6) is 0 Å². The molecule has 2 fully saturated rings. The largest absolute Gasteiger partial charge is 0.369 e. The van der Waals surface area contributed by atoms with Gasteiger partial charge < -0.3 is 16.4 Å². The fourth-order valence-corrected chi connectivity index (χ4v) is 4.68. The molecule has 4 atom stereocenters. The molecule has 2 aliphatic carbocycles. The third-order valence-corrected chi connectivity index (χ3v) is 6.13. The number of pyridine rings is 1. The summed E-state index contributed by atoms with van der Waals surface area (Å²) in [6, 6.07) is 8.34. The second-order valence-corrected chi connectivity index (χ2v) is 7.99. The Morgan fingerprint density at radius 1 is 1.14 bits per heavy atom. The van der Waals surface area contributed by atoms with Crippen LogP contribution in [0, 0.1) is 29.1 Å². The molecular formula is C21H27N7. The highest BCUT2D eigenvalue weighted by Crippen LogP contribution is 2.41. The Hall–Kier alpha value is -2.72. The summed E-state index contributed by atoms with van der Waals surface area (Å²) in [4.78, 5) is 13.1. The Kier molecular flexibility index (Phi) is 5.68. The molecule has 28 heavy (non-hydrogen) atoms. The molecule has 2 unspecified atom stereocenters. The number of anilines is 2. The lowest BCUT2D eigenvalue weighted by atomic mass is 9.65. The number of nitrogens with one attached hydrogen (secondary N) is 2. The van der Waals surface area contributed by atoms with Gasteiger partial charge in [-0.2, -0.15) is 10.2 Å². The summed E-state index contributed by atoms with van der Waals surface area (Å²) < 4.78 is 0. The van der Waals surface area contributed by atoms with E-state index in [4.69, 9.17) is 5.73 Å². The summed E-state index contributed by atoms with van der Waals surface area (Å²) in [6.07, 6.45) is 9.50. The molecule has 0 spiro atoms. The lowest BCUT2D eigenvalue weighted by Crippen LogP contribution is -2.47. The maximum absolute atomic E-state index is 9.40. The van der Waals surface area contributed by atoms with E-state index in [9.17, 15) is 5.26 Å². The van der Waals surface area contributed by atoms with Crippen molar-refractivity contribution in [1.82, 2.24) is 15.0 Å². The van der Waals surface area contributed by atoms with E-state index in [0.717, 1.165) is 12.2 Å². The maximum atomic E-state index is 9.40. The minimum atomic E-state index is 0.376. The van der Waals surface area contributed by atoms with Crippen LogP contribution in [0.15, 0.2) is 30.6 Å². The standard InChI is InChI=1S/C21H27N7/c22-10-17-12-26-21(27-13-18-6-1-2-7-24-18)28-20(17)25-11-14-8-15-4-3-5-16(9-14)19(15)23/h1-2,6-7,12,14-16,19H,3-5,8-9,11,13,23H2,(H2,25,26,27,28)/t14?,15-,16+,19?. The van der Waals surface area contributed by atoms with Crippen LogP contribution >= 0.6 is 0 Å². The summed E-state index contributed by atoms with van der Waals surface area (Å²) in [5.74, 6) is 2.98. The summed E-state index contributed by atoms with van der Waals surface area (Å²) in [5, 5.41) is 16.0. The van der Waals surface area contributed by atoms with E-state index in [1.165, 1.54) is 32.1 Å². The van der Waals surface area contributed by atoms with Gasteiger partial charge in [-0.25, -0.2) is 4.98 Å². The quantitative estimate of drug-likeness (QED) is 0.709. The van der Waals surface area contributed by atoms with Crippen molar-refractivity contribution in [3.63, 3.8) is 0 Å². The Balaban J connectivity index is 1.38. The molecule has 0 aliphatic heterocycles. The van der Waals surface area contributed by atoms with E-state index in [1.54, 1.807) is 12.4 Å². The van der Waals surface area contributed by atoms with Crippen molar-refractivity contribution in [3.8, 4) is 6.07 Å². The third kappa shape index (κ3) is 4.23. The van der Waals surface area contributed by atoms with E-state index >= 15 is 0 Å². The summed E-state index contributed by atoms with van der Waals surface area (Å²) in [6.45, 7) is 1.36. The van der Waals surface area contributed by atoms with Crippen molar-refractivity contribution in [2.45, 2.75) is 44.7 Å². The fraction of sp³-hybridized carbons (Fsp3) is 0.524. The number of nitriles is 1. The van der Waals surface area contributed by atoms with Gasteiger partial charge >= 0.3 is 0 Å². The number of fused-ring (bicyclic) bond motifs is 2. The van der Waals surface area contributed by atoms with Gasteiger partial charge in [-0.05, 0) is 55.6 Å². The van der Waals surface area contributed by atoms with E-state index < -0.39 is 0 Å². The predicted molar refractivity (Wildman–Crippen MR) is 108 cm³/mol. The van der Waals surface area contributed by atoms with Gasteiger partial charge in [0.2, 0.25) is 5.95 Å². The van der Waals surface area contributed by atoms with Gasteiger partial charge in [0.15, 0.2) is 0 Å². The lowest BCUT2D eigenvalue weighted by Gasteiger charge is -2.44. The first kappa shape index (κ1) is 18.6. The number of aromatic nitrogens is 3. The van der Waals surface area contributed by atoms with Crippen LogP contribution in [0.4, 0.5) is 11.8 Å². The van der Waals surface area contributed by atoms with Gasteiger partial charge in [-0.3, -0.25) is 4.98 Å². The number of nitrogens with two attached hydrogens (primary N) is 1. The van der Waals surface area contributed by atoms with Gasteiger partial charge in [0.1, 0.15) is 17.5 Å². The van der Waals surface area contributed by atoms with E-state index in [-0.39, 0.29) is 0 Å². The molecule has 146 valence electrons. The van der Waals surface area contributed by atoms with Crippen LogP contribution in [-0.4, -0.2) is 27.5 Å². The number of nitrogens with zero attached hydrogens (tertiary/aromatic N) is 4. The Morgan fingerprint density at radius 2 is 1.96 bits per heavy atom. The molecule has 2 aliphatic rings. The second kappa shape index (κ2) is 8.53. The van der Waals surface area contributed by atoms with Gasteiger partial charge in [0, 0.05) is 18.8 Å². The van der Waals surface area contributed by atoms with Crippen molar-refractivity contribution < 1.29 is 0 Å². The zero-order chi connectivity index (χ0) is 19.3. The monoisotopic (exact) mass is 377 g/mol. The zero-order valence-electron chi connectivity index (χ0n) is 16.0. The van der Waals surface area contributed by atoms with Crippen LogP contribution in [0.25, 0.3) is 0 Å². The van der Waals surface area contributed by atoms with Gasteiger partial charge in [-0.15, -0.1) is 0 Å². The molecule has 2 saturated carbocycles. The molecule has 2 aromatic heterocycles. The molecule has 7 nitrogen and oxygen atoms in total. The normalized spacial score (nSPS) is 26.3. The van der Waals surface area contributed by atoms with Crippen molar-refractivity contribution in [1.29, 1.82) is 5.26 Å². The molecular weight excluding hydrogens is 350 g/mol. The smallest absolute Gasteiger partial charge is 0.225 e. The van der Waals surface area contributed by atoms with Gasteiger partial charge in [0.25, 0.3) is 0 Å². The first-order valence-electron chi connectivity index (χ1n) is 10.1. The average Bonchev–Trinajstić information content (AvgIpc) is 2.72. The van der Waals surface area contributed by atoms with E-state index in [0.29, 0.717) is 47.7 Å². The molecule has 4 rings (SSSR count). The highest BCUT2D eigenvalue weighted by Gasteiger charge is 2.37. The second-order valence-electron chi connectivity index (χ2n) is 7.99. The Labute approximate surface area is 165 Å². The fourth-order valence-electron chi connectivity index (χ4n) is 4.68. The minimum Gasteiger partial charge on any atom is -0.369 e. The lowest BCUT2D eigenvalue weighted by molar-refractivity contribution is 0.112. The Bertz CT molecular complexity index is 818. The highest BCUT2D eigenvalue weighted by atomic mass is 15.1. The topological polar surface area (TPSA) is 113 Å². The molecule has 0 amide bonds. The van der Waals surface area contributed by atoms with Crippen LogP contribution in [0.1, 0.15) is 43.4 Å². The molecule has 2 heterocycles. The zero-order valence-corrected chi connectivity index (χ0v) is 16.0.